The molecule has 3 N–H and O–H groups in total. The molecule has 2 aromatic rings. The Morgan fingerprint density at radius 2 is 2.09 bits per heavy atom. The quantitative estimate of drug-likeness (QED) is 0.812. The molecule has 4 saturated carbocycles. The fourth-order valence-corrected chi connectivity index (χ4v) is 5.72. The lowest BCUT2D eigenvalue weighted by Gasteiger charge is -2.58. The zero-order chi connectivity index (χ0) is 15.6. The molecule has 2 unspecified atom stereocenters. The maximum absolute atomic E-state index is 10.8. The summed E-state index contributed by atoms with van der Waals surface area (Å²) in [6, 6.07) is 2.55. The van der Waals surface area contributed by atoms with Crippen molar-refractivity contribution in [2.24, 2.45) is 17.8 Å². The number of aliphatic hydroxyl groups is 1. The minimum Gasteiger partial charge on any atom is -0.390 e. The van der Waals surface area contributed by atoms with Crippen LogP contribution in [0.2, 0.25) is 0 Å². The summed E-state index contributed by atoms with van der Waals surface area (Å²) in [6.45, 7) is 3.95. The van der Waals surface area contributed by atoms with Gasteiger partial charge in [-0.25, -0.2) is 4.98 Å². The molecule has 0 amide bonds. The van der Waals surface area contributed by atoms with E-state index in [9.17, 15) is 5.11 Å². The van der Waals surface area contributed by atoms with Crippen LogP contribution in [-0.4, -0.2) is 26.7 Å². The standard InChI is InChI=1S/C19H23N3O/c1-2-12-10-21-18-15(3-4-20-18)17(12)22-16-13-5-11-6-14(16)9-19(23,7-11)8-13/h2-4,10-11,13-14,16,23H,1,5-9H2,(H2,20,21,22). The third-order valence-corrected chi connectivity index (χ3v) is 6.39. The summed E-state index contributed by atoms with van der Waals surface area (Å²) in [4.78, 5) is 7.65. The number of aromatic amines is 1. The molecule has 4 aliphatic carbocycles. The second-order valence-corrected chi connectivity index (χ2v) is 7.90. The molecule has 4 fully saturated rings. The van der Waals surface area contributed by atoms with E-state index in [0.29, 0.717) is 17.9 Å². The van der Waals surface area contributed by atoms with Crippen LogP contribution in [0.1, 0.15) is 37.7 Å². The van der Waals surface area contributed by atoms with E-state index < -0.39 is 0 Å². The molecule has 2 heterocycles. The molecule has 4 bridgehead atoms. The molecule has 0 aromatic carbocycles. The van der Waals surface area contributed by atoms with Gasteiger partial charge in [0.15, 0.2) is 0 Å². The molecular weight excluding hydrogens is 286 g/mol. The molecule has 4 heteroatoms. The monoisotopic (exact) mass is 309 g/mol. The molecule has 0 saturated heterocycles. The molecule has 120 valence electrons. The molecule has 4 nitrogen and oxygen atoms in total. The summed E-state index contributed by atoms with van der Waals surface area (Å²) in [5.41, 5.74) is 2.75. The number of fused-ring (bicyclic) bond motifs is 1. The second kappa shape index (κ2) is 4.60. The van der Waals surface area contributed by atoms with E-state index in [1.54, 1.807) is 0 Å². The third kappa shape index (κ3) is 1.97. The van der Waals surface area contributed by atoms with Crippen LogP contribution in [-0.2, 0) is 0 Å². The molecule has 2 atom stereocenters. The van der Waals surface area contributed by atoms with Crippen LogP contribution >= 0.6 is 0 Å². The van der Waals surface area contributed by atoms with Crippen molar-refractivity contribution in [3.05, 3.63) is 30.6 Å². The first-order chi connectivity index (χ1) is 11.1. The van der Waals surface area contributed by atoms with Gasteiger partial charge in [0.1, 0.15) is 5.65 Å². The molecule has 0 aliphatic heterocycles. The lowest BCUT2D eigenvalue weighted by Crippen LogP contribution is -2.59. The summed E-state index contributed by atoms with van der Waals surface area (Å²) in [5, 5.41) is 15.7. The maximum atomic E-state index is 10.8. The normalized spacial score (nSPS) is 38.1. The molecule has 0 spiro atoms. The molecular formula is C19H23N3O. The van der Waals surface area contributed by atoms with Gasteiger partial charge in [0, 0.05) is 29.4 Å². The number of nitrogens with one attached hydrogen (secondary N) is 2. The Balaban J connectivity index is 1.53. The van der Waals surface area contributed by atoms with Crippen LogP contribution < -0.4 is 5.32 Å². The van der Waals surface area contributed by atoms with Gasteiger partial charge in [0.25, 0.3) is 0 Å². The topological polar surface area (TPSA) is 60.9 Å². The number of pyridine rings is 1. The van der Waals surface area contributed by atoms with Crippen molar-refractivity contribution >= 4 is 22.8 Å². The lowest BCUT2D eigenvalue weighted by molar-refractivity contribution is -0.129. The van der Waals surface area contributed by atoms with Crippen LogP contribution in [0.25, 0.3) is 17.1 Å². The Hall–Kier alpha value is -1.81. The highest BCUT2D eigenvalue weighted by Crippen LogP contribution is 2.56. The summed E-state index contributed by atoms with van der Waals surface area (Å²) in [7, 11) is 0. The van der Waals surface area contributed by atoms with Gasteiger partial charge in [-0.1, -0.05) is 12.7 Å². The van der Waals surface area contributed by atoms with Gasteiger partial charge in [0.05, 0.1) is 11.3 Å². The number of aromatic nitrogens is 2. The molecule has 0 radical (unpaired) electrons. The second-order valence-electron chi connectivity index (χ2n) is 7.90. The van der Waals surface area contributed by atoms with E-state index in [0.717, 1.165) is 47.5 Å². The number of rotatable bonds is 3. The Labute approximate surface area is 136 Å². The van der Waals surface area contributed by atoms with Gasteiger partial charge in [-0.2, -0.15) is 0 Å². The molecule has 2 aromatic heterocycles. The van der Waals surface area contributed by atoms with E-state index in [1.165, 1.54) is 12.8 Å². The zero-order valence-electron chi connectivity index (χ0n) is 13.3. The highest BCUT2D eigenvalue weighted by atomic mass is 16.3. The number of hydrogen-bond acceptors (Lipinski definition) is 3. The van der Waals surface area contributed by atoms with Gasteiger partial charge in [0.2, 0.25) is 0 Å². The highest BCUT2D eigenvalue weighted by molar-refractivity contribution is 5.94. The summed E-state index contributed by atoms with van der Waals surface area (Å²) in [5.74, 6) is 1.91. The smallest absolute Gasteiger partial charge is 0.139 e. The zero-order valence-corrected chi connectivity index (χ0v) is 13.3. The van der Waals surface area contributed by atoms with Gasteiger partial charge < -0.3 is 15.4 Å². The number of hydrogen-bond donors (Lipinski definition) is 3. The van der Waals surface area contributed by atoms with Crippen LogP contribution in [0.4, 0.5) is 5.69 Å². The predicted molar refractivity (Wildman–Crippen MR) is 92.1 cm³/mol. The van der Waals surface area contributed by atoms with E-state index in [2.05, 4.69) is 27.9 Å². The summed E-state index contributed by atoms with van der Waals surface area (Å²) >= 11 is 0. The van der Waals surface area contributed by atoms with Crippen molar-refractivity contribution in [2.45, 2.75) is 43.7 Å². The fraction of sp³-hybridized carbons (Fsp3) is 0.526. The maximum Gasteiger partial charge on any atom is 0.139 e. The SMILES string of the molecule is C=Cc1cnc2[nH]ccc2c1NC1C2CC3CC1CC(O)(C3)C2. The predicted octanol–water partition coefficient (Wildman–Crippen LogP) is 3.56. The summed E-state index contributed by atoms with van der Waals surface area (Å²) in [6.07, 6.45) is 11.2. The van der Waals surface area contributed by atoms with Gasteiger partial charge in [-0.05, 0) is 55.9 Å². The average Bonchev–Trinajstić information content (AvgIpc) is 2.98. The Kier molecular flexibility index (Phi) is 2.72. The minimum atomic E-state index is -0.377. The van der Waals surface area contributed by atoms with E-state index in [-0.39, 0.29) is 5.60 Å². The van der Waals surface area contributed by atoms with Crippen LogP contribution in [0.5, 0.6) is 0 Å². The molecule has 4 aliphatic rings. The van der Waals surface area contributed by atoms with Crippen LogP contribution in [0.3, 0.4) is 0 Å². The molecule has 6 rings (SSSR count). The van der Waals surface area contributed by atoms with Crippen molar-refractivity contribution in [1.82, 2.24) is 9.97 Å². The number of anilines is 1. The van der Waals surface area contributed by atoms with Crippen molar-refractivity contribution in [2.75, 3.05) is 5.32 Å². The Morgan fingerprint density at radius 3 is 2.78 bits per heavy atom. The van der Waals surface area contributed by atoms with Crippen LogP contribution in [0.15, 0.2) is 25.0 Å². The third-order valence-electron chi connectivity index (χ3n) is 6.39. The van der Waals surface area contributed by atoms with Crippen molar-refractivity contribution in [3.63, 3.8) is 0 Å². The van der Waals surface area contributed by atoms with Gasteiger partial charge in [-0.3, -0.25) is 0 Å². The average molecular weight is 309 g/mol. The number of H-pyrrole nitrogens is 1. The van der Waals surface area contributed by atoms with Crippen molar-refractivity contribution in [3.8, 4) is 0 Å². The first-order valence-electron chi connectivity index (χ1n) is 8.73. The first kappa shape index (κ1) is 13.6. The largest absolute Gasteiger partial charge is 0.390 e. The van der Waals surface area contributed by atoms with E-state index >= 15 is 0 Å². The highest BCUT2D eigenvalue weighted by Gasteiger charge is 2.54. The van der Waals surface area contributed by atoms with E-state index in [4.69, 9.17) is 0 Å². The van der Waals surface area contributed by atoms with Gasteiger partial charge >= 0.3 is 0 Å². The lowest BCUT2D eigenvalue weighted by atomic mass is 9.52. The number of nitrogens with zero attached hydrogens (tertiary/aromatic N) is 1. The first-order valence-corrected chi connectivity index (χ1v) is 8.73. The molecule has 23 heavy (non-hydrogen) atoms. The fourth-order valence-electron chi connectivity index (χ4n) is 5.72. The van der Waals surface area contributed by atoms with Crippen molar-refractivity contribution < 1.29 is 5.11 Å². The van der Waals surface area contributed by atoms with Gasteiger partial charge in [-0.15, -0.1) is 0 Å². The summed E-state index contributed by atoms with van der Waals surface area (Å²) < 4.78 is 0. The van der Waals surface area contributed by atoms with Crippen molar-refractivity contribution in [1.29, 1.82) is 0 Å². The van der Waals surface area contributed by atoms with Crippen LogP contribution in [0, 0.1) is 17.8 Å². The Bertz CT molecular complexity index is 764. The Morgan fingerprint density at radius 1 is 1.30 bits per heavy atom. The minimum absolute atomic E-state index is 0.377. The van der Waals surface area contributed by atoms with E-state index in [1.807, 2.05) is 18.5 Å².